The maximum absolute atomic E-state index is 12.1. The minimum atomic E-state index is -3.97. The molecule has 116 valence electrons. The molecule has 0 N–H and O–H groups in total. The van der Waals surface area contributed by atoms with Crippen molar-refractivity contribution >= 4 is 39.0 Å². The first-order valence-corrected chi connectivity index (χ1v) is 8.63. The van der Waals surface area contributed by atoms with Crippen LogP contribution in [0.3, 0.4) is 0 Å². The Balaban J connectivity index is 2.24. The first kappa shape index (κ1) is 16.8. The maximum atomic E-state index is 12.1. The fourth-order valence-corrected chi connectivity index (χ4v) is 2.71. The summed E-state index contributed by atoms with van der Waals surface area (Å²) in [4.78, 5) is 0.0341. The third-order valence-corrected chi connectivity index (χ3v) is 4.48. The SMILES string of the molecule is Cc1ccc(S(=O)(=O)O/N=C(\CCl)c2ccc(Cl)cc2)cc1. The van der Waals surface area contributed by atoms with Gasteiger partial charge in [0.1, 0.15) is 10.6 Å². The number of oxime groups is 1. The van der Waals surface area contributed by atoms with Gasteiger partial charge in [0.05, 0.1) is 5.88 Å². The summed E-state index contributed by atoms with van der Waals surface area (Å²) in [6.45, 7) is 1.86. The summed E-state index contributed by atoms with van der Waals surface area (Å²) in [6, 6.07) is 13.0. The molecule has 0 bridgehead atoms. The molecule has 0 spiro atoms. The van der Waals surface area contributed by atoms with Gasteiger partial charge in [0.15, 0.2) is 0 Å². The Hall–Kier alpha value is -1.56. The van der Waals surface area contributed by atoms with Gasteiger partial charge >= 0.3 is 10.1 Å². The molecule has 0 amide bonds. The van der Waals surface area contributed by atoms with Crippen LogP contribution in [0.25, 0.3) is 0 Å². The van der Waals surface area contributed by atoms with Gasteiger partial charge in [-0.15, -0.1) is 11.6 Å². The second kappa shape index (κ2) is 7.13. The van der Waals surface area contributed by atoms with Crippen molar-refractivity contribution in [3.05, 3.63) is 64.7 Å². The van der Waals surface area contributed by atoms with Crippen LogP contribution in [0.4, 0.5) is 0 Å². The van der Waals surface area contributed by atoms with Crippen LogP contribution in [-0.2, 0) is 14.4 Å². The topological polar surface area (TPSA) is 55.7 Å². The van der Waals surface area contributed by atoms with Crippen LogP contribution >= 0.6 is 23.2 Å². The van der Waals surface area contributed by atoms with Crippen molar-refractivity contribution in [1.82, 2.24) is 0 Å². The highest BCUT2D eigenvalue weighted by Crippen LogP contribution is 2.15. The molecule has 7 heteroatoms. The van der Waals surface area contributed by atoms with Gasteiger partial charge in [0.2, 0.25) is 0 Å². The number of rotatable bonds is 5. The Morgan fingerprint density at radius 3 is 2.23 bits per heavy atom. The Morgan fingerprint density at radius 2 is 1.68 bits per heavy atom. The molecule has 0 radical (unpaired) electrons. The van der Waals surface area contributed by atoms with Crippen LogP contribution in [0.5, 0.6) is 0 Å². The molecule has 0 aliphatic rings. The Kier molecular flexibility index (Phi) is 5.45. The minimum Gasteiger partial charge on any atom is -0.264 e. The van der Waals surface area contributed by atoms with Crippen LogP contribution in [0.2, 0.25) is 5.02 Å². The molecule has 0 saturated carbocycles. The molecule has 2 aromatic carbocycles. The van der Waals surface area contributed by atoms with Crippen molar-refractivity contribution in [2.24, 2.45) is 5.16 Å². The van der Waals surface area contributed by atoms with Gasteiger partial charge in [-0.25, -0.2) is 0 Å². The van der Waals surface area contributed by atoms with Crippen molar-refractivity contribution in [3.63, 3.8) is 0 Å². The second-order valence-corrected chi connectivity index (χ2v) is 6.75. The predicted molar refractivity (Wildman–Crippen MR) is 88.2 cm³/mol. The lowest BCUT2D eigenvalue weighted by molar-refractivity contribution is 0.339. The van der Waals surface area contributed by atoms with E-state index in [1.54, 1.807) is 36.4 Å². The van der Waals surface area contributed by atoms with Gasteiger partial charge < -0.3 is 0 Å². The number of halogens is 2. The van der Waals surface area contributed by atoms with Gasteiger partial charge in [0.25, 0.3) is 0 Å². The van der Waals surface area contributed by atoms with E-state index in [2.05, 4.69) is 5.16 Å². The molecule has 0 aromatic heterocycles. The lowest BCUT2D eigenvalue weighted by Crippen LogP contribution is -2.08. The summed E-state index contributed by atoms with van der Waals surface area (Å²) in [5.41, 5.74) is 1.89. The zero-order valence-electron chi connectivity index (χ0n) is 11.7. The molecule has 4 nitrogen and oxygen atoms in total. The quantitative estimate of drug-likeness (QED) is 0.461. The number of benzene rings is 2. The zero-order valence-corrected chi connectivity index (χ0v) is 14.0. The van der Waals surface area contributed by atoms with E-state index >= 15 is 0 Å². The molecule has 0 saturated heterocycles. The normalized spacial score (nSPS) is 12.2. The van der Waals surface area contributed by atoms with E-state index in [0.717, 1.165) is 5.56 Å². The van der Waals surface area contributed by atoms with Crippen molar-refractivity contribution in [1.29, 1.82) is 0 Å². The molecule has 0 heterocycles. The number of hydrogen-bond donors (Lipinski definition) is 0. The predicted octanol–water partition coefficient (Wildman–Crippen LogP) is 4.00. The zero-order chi connectivity index (χ0) is 16.2. The second-order valence-electron chi connectivity index (χ2n) is 4.52. The number of nitrogens with zero attached hydrogens (tertiary/aromatic N) is 1. The van der Waals surface area contributed by atoms with Crippen LogP contribution < -0.4 is 0 Å². The van der Waals surface area contributed by atoms with Crippen molar-refractivity contribution < 1.29 is 12.7 Å². The average molecular weight is 358 g/mol. The standard InChI is InChI=1S/C15H13Cl2NO3S/c1-11-2-8-14(9-3-11)22(19,20)21-18-15(10-16)12-4-6-13(17)7-5-12/h2-9H,10H2,1H3/b18-15+. The smallest absolute Gasteiger partial charge is 0.264 e. The highest BCUT2D eigenvalue weighted by atomic mass is 35.5. The number of alkyl halides is 1. The van der Waals surface area contributed by atoms with Gasteiger partial charge in [0, 0.05) is 10.6 Å². The van der Waals surface area contributed by atoms with E-state index in [-0.39, 0.29) is 10.8 Å². The van der Waals surface area contributed by atoms with Crippen molar-refractivity contribution in [2.75, 3.05) is 5.88 Å². The summed E-state index contributed by atoms with van der Waals surface area (Å²) >= 11 is 11.6. The molecule has 22 heavy (non-hydrogen) atoms. The summed E-state index contributed by atoms with van der Waals surface area (Å²) in [6.07, 6.45) is 0. The monoisotopic (exact) mass is 357 g/mol. The molecule has 0 aliphatic heterocycles. The average Bonchev–Trinajstić information content (AvgIpc) is 2.50. The Bertz CT molecular complexity index is 769. The van der Waals surface area contributed by atoms with Crippen molar-refractivity contribution in [2.45, 2.75) is 11.8 Å². The van der Waals surface area contributed by atoms with Gasteiger partial charge in [-0.2, -0.15) is 8.42 Å². The lowest BCUT2D eigenvalue weighted by atomic mass is 10.1. The molecule has 0 atom stereocenters. The van der Waals surface area contributed by atoms with Crippen LogP contribution in [-0.4, -0.2) is 20.0 Å². The Morgan fingerprint density at radius 1 is 1.09 bits per heavy atom. The van der Waals surface area contributed by atoms with Gasteiger partial charge in [-0.1, -0.05) is 46.6 Å². The van der Waals surface area contributed by atoms with Gasteiger partial charge in [-0.3, -0.25) is 4.28 Å². The van der Waals surface area contributed by atoms with E-state index < -0.39 is 10.1 Å². The van der Waals surface area contributed by atoms with E-state index in [4.69, 9.17) is 27.5 Å². The molecule has 0 fully saturated rings. The third kappa shape index (κ3) is 4.22. The van der Waals surface area contributed by atoms with Gasteiger partial charge in [-0.05, 0) is 31.2 Å². The fourth-order valence-electron chi connectivity index (χ4n) is 1.64. The molecule has 0 unspecified atom stereocenters. The largest absolute Gasteiger partial charge is 0.358 e. The molecule has 0 aliphatic carbocycles. The summed E-state index contributed by atoms with van der Waals surface area (Å²) in [5, 5.41) is 4.23. The van der Waals surface area contributed by atoms with Crippen LogP contribution in [0, 0.1) is 6.92 Å². The minimum absolute atomic E-state index is 0.00501. The lowest BCUT2D eigenvalue weighted by Gasteiger charge is -2.05. The fraction of sp³-hybridized carbons (Fsp3) is 0.133. The summed E-state index contributed by atoms with van der Waals surface area (Å²) in [7, 11) is -3.97. The Labute approximate surface area is 139 Å². The number of aryl methyl sites for hydroxylation is 1. The first-order valence-electron chi connectivity index (χ1n) is 6.31. The third-order valence-electron chi connectivity index (χ3n) is 2.86. The highest BCUT2D eigenvalue weighted by Gasteiger charge is 2.16. The van der Waals surface area contributed by atoms with Crippen LogP contribution in [0.15, 0.2) is 58.6 Å². The number of hydrogen-bond acceptors (Lipinski definition) is 4. The highest BCUT2D eigenvalue weighted by molar-refractivity contribution is 7.86. The summed E-state index contributed by atoms with van der Waals surface area (Å²) in [5.74, 6) is 0.00501. The maximum Gasteiger partial charge on any atom is 0.358 e. The molecular formula is C15H13Cl2NO3S. The molecule has 2 aromatic rings. The van der Waals surface area contributed by atoms with E-state index in [1.807, 2.05) is 6.92 Å². The van der Waals surface area contributed by atoms with E-state index in [1.165, 1.54) is 12.1 Å². The van der Waals surface area contributed by atoms with E-state index in [9.17, 15) is 8.42 Å². The van der Waals surface area contributed by atoms with E-state index in [0.29, 0.717) is 16.3 Å². The summed E-state index contributed by atoms with van der Waals surface area (Å²) < 4.78 is 28.8. The first-order chi connectivity index (χ1) is 10.4. The molecule has 2 rings (SSSR count). The van der Waals surface area contributed by atoms with Crippen molar-refractivity contribution in [3.8, 4) is 0 Å². The molecular weight excluding hydrogens is 345 g/mol. The van der Waals surface area contributed by atoms with Crippen LogP contribution in [0.1, 0.15) is 11.1 Å².